The lowest BCUT2D eigenvalue weighted by atomic mass is 9.76. The normalized spacial score (nSPS) is 21.9. The van der Waals surface area contributed by atoms with E-state index in [1.54, 1.807) is 6.20 Å². The molecule has 1 unspecified atom stereocenters. The Morgan fingerprint density at radius 3 is 2.83 bits per heavy atom. The summed E-state index contributed by atoms with van der Waals surface area (Å²) in [5.74, 6) is 1.51. The zero-order valence-electron chi connectivity index (χ0n) is 16.8. The maximum atomic E-state index is 13.1. The predicted octanol–water partition coefficient (Wildman–Crippen LogP) is 3.23. The summed E-state index contributed by atoms with van der Waals surface area (Å²) in [5, 5.41) is 4.95. The predicted molar refractivity (Wildman–Crippen MR) is 108 cm³/mol. The smallest absolute Gasteiger partial charge is 0.253 e. The van der Waals surface area contributed by atoms with Gasteiger partial charge in [-0.15, -0.1) is 0 Å². The molecule has 0 bridgehead atoms. The van der Waals surface area contributed by atoms with Gasteiger partial charge in [0.1, 0.15) is 0 Å². The quantitative estimate of drug-likeness (QED) is 0.668. The molecule has 4 heterocycles. The van der Waals surface area contributed by atoms with E-state index in [0.29, 0.717) is 11.7 Å². The van der Waals surface area contributed by atoms with E-state index in [2.05, 4.69) is 27.1 Å². The Morgan fingerprint density at radius 1 is 1.24 bits per heavy atom. The van der Waals surface area contributed by atoms with E-state index in [0.717, 1.165) is 55.4 Å². The number of hydrogen-bond acceptors (Lipinski definition) is 6. The molecule has 2 aliphatic rings. The van der Waals surface area contributed by atoms with Gasteiger partial charge in [0.25, 0.3) is 5.91 Å². The Bertz CT molecular complexity index is 1050. The summed E-state index contributed by atoms with van der Waals surface area (Å²) in [5.41, 5.74) is 1.87. The molecule has 2 aromatic heterocycles. The molecule has 29 heavy (non-hydrogen) atoms. The van der Waals surface area contributed by atoms with E-state index in [-0.39, 0.29) is 17.4 Å². The van der Waals surface area contributed by atoms with Gasteiger partial charge in [-0.05, 0) is 62.9 Å². The fourth-order valence-electron chi connectivity index (χ4n) is 4.93. The molecule has 0 saturated carbocycles. The second-order valence-electron chi connectivity index (χ2n) is 8.52. The maximum absolute atomic E-state index is 13.1. The minimum atomic E-state index is 0.112. The lowest BCUT2D eigenvalue weighted by Crippen LogP contribution is -2.44. The van der Waals surface area contributed by atoms with Crippen molar-refractivity contribution in [1.29, 1.82) is 0 Å². The topological polar surface area (TPSA) is 75.4 Å². The number of hydrogen-bond donors (Lipinski definition) is 0. The van der Waals surface area contributed by atoms with Gasteiger partial charge in [0, 0.05) is 36.8 Å². The molecule has 2 saturated heterocycles. The monoisotopic (exact) mass is 391 g/mol. The fraction of sp³-hybridized carbons (Fsp3) is 0.455. The largest absolute Gasteiger partial charge is 0.339 e. The SMILES string of the molecule is Cc1noc(C2CC3(CCN(C(=O)c4ccc5ncccc5c4)CC3)CN2C)n1. The molecule has 0 N–H and O–H groups in total. The molecule has 1 aromatic carbocycles. The van der Waals surface area contributed by atoms with Crippen molar-refractivity contribution in [2.24, 2.45) is 5.41 Å². The number of carbonyl (C=O) groups excluding carboxylic acids is 1. The van der Waals surface area contributed by atoms with Crippen molar-refractivity contribution in [3.63, 3.8) is 0 Å². The molecule has 0 aliphatic carbocycles. The van der Waals surface area contributed by atoms with E-state index >= 15 is 0 Å². The van der Waals surface area contributed by atoms with Crippen LogP contribution in [0.2, 0.25) is 0 Å². The number of rotatable bonds is 2. The standard InChI is InChI=1S/C22H25N5O2/c1-15-24-20(29-25-15)19-13-22(14-26(19)2)7-10-27(11-8-22)21(28)17-5-6-18-16(12-17)4-3-9-23-18/h3-6,9,12,19H,7-8,10-11,13-14H2,1-2H3. The summed E-state index contributed by atoms with van der Waals surface area (Å²) in [7, 11) is 2.12. The number of amides is 1. The summed E-state index contributed by atoms with van der Waals surface area (Å²) in [6.45, 7) is 4.42. The van der Waals surface area contributed by atoms with Gasteiger partial charge >= 0.3 is 0 Å². The zero-order valence-corrected chi connectivity index (χ0v) is 16.8. The second kappa shape index (κ2) is 6.91. The minimum Gasteiger partial charge on any atom is -0.339 e. The summed E-state index contributed by atoms with van der Waals surface area (Å²) in [6, 6.07) is 9.84. The average Bonchev–Trinajstić information content (AvgIpc) is 3.30. The summed E-state index contributed by atoms with van der Waals surface area (Å²) < 4.78 is 5.43. The van der Waals surface area contributed by atoms with Crippen molar-refractivity contribution in [1.82, 2.24) is 24.9 Å². The van der Waals surface area contributed by atoms with Gasteiger partial charge < -0.3 is 9.42 Å². The molecule has 2 aliphatic heterocycles. The number of likely N-dealkylation sites (tertiary alicyclic amines) is 2. The number of carbonyl (C=O) groups is 1. The van der Waals surface area contributed by atoms with E-state index in [4.69, 9.17) is 4.52 Å². The highest BCUT2D eigenvalue weighted by atomic mass is 16.5. The number of pyridine rings is 1. The van der Waals surface area contributed by atoms with Crippen LogP contribution >= 0.6 is 0 Å². The highest BCUT2D eigenvalue weighted by molar-refractivity contribution is 5.98. The molecule has 1 atom stereocenters. The molecule has 150 valence electrons. The number of piperidine rings is 1. The third kappa shape index (κ3) is 3.29. The van der Waals surface area contributed by atoms with Crippen molar-refractivity contribution < 1.29 is 9.32 Å². The molecule has 7 nitrogen and oxygen atoms in total. The Labute approximate surface area is 169 Å². The number of aromatic nitrogens is 3. The highest BCUT2D eigenvalue weighted by Crippen LogP contribution is 2.48. The van der Waals surface area contributed by atoms with Gasteiger partial charge in [0.15, 0.2) is 5.82 Å². The first-order valence-corrected chi connectivity index (χ1v) is 10.2. The molecule has 1 amide bonds. The van der Waals surface area contributed by atoms with E-state index in [9.17, 15) is 4.79 Å². The lowest BCUT2D eigenvalue weighted by Gasteiger charge is -2.39. The van der Waals surface area contributed by atoms with Crippen LogP contribution in [-0.4, -0.2) is 57.5 Å². The number of benzene rings is 1. The van der Waals surface area contributed by atoms with Gasteiger partial charge in [-0.3, -0.25) is 14.7 Å². The van der Waals surface area contributed by atoms with Crippen LogP contribution in [0.15, 0.2) is 41.1 Å². The molecule has 5 rings (SSSR count). The minimum absolute atomic E-state index is 0.112. The highest BCUT2D eigenvalue weighted by Gasteiger charge is 2.47. The second-order valence-corrected chi connectivity index (χ2v) is 8.52. The lowest BCUT2D eigenvalue weighted by molar-refractivity contribution is 0.0593. The van der Waals surface area contributed by atoms with Gasteiger partial charge in [-0.25, -0.2) is 0 Å². The molecule has 3 aromatic rings. The van der Waals surface area contributed by atoms with Crippen LogP contribution in [0, 0.1) is 12.3 Å². The Hall–Kier alpha value is -2.80. The first-order chi connectivity index (χ1) is 14.0. The maximum Gasteiger partial charge on any atom is 0.253 e. The van der Waals surface area contributed by atoms with Gasteiger partial charge in [0.05, 0.1) is 11.6 Å². The van der Waals surface area contributed by atoms with Crippen molar-refractivity contribution in [3.05, 3.63) is 53.8 Å². The number of aryl methyl sites for hydroxylation is 1. The fourth-order valence-corrected chi connectivity index (χ4v) is 4.93. The number of nitrogens with zero attached hydrogens (tertiary/aromatic N) is 5. The molecule has 7 heteroatoms. The van der Waals surface area contributed by atoms with Gasteiger partial charge in [-0.1, -0.05) is 11.2 Å². The van der Waals surface area contributed by atoms with Crippen molar-refractivity contribution in [3.8, 4) is 0 Å². The van der Waals surface area contributed by atoms with Crippen molar-refractivity contribution in [2.45, 2.75) is 32.2 Å². The Kier molecular flexibility index (Phi) is 4.35. The van der Waals surface area contributed by atoms with E-state index < -0.39 is 0 Å². The van der Waals surface area contributed by atoms with Gasteiger partial charge in [-0.2, -0.15) is 4.98 Å². The first-order valence-electron chi connectivity index (χ1n) is 10.2. The van der Waals surface area contributed by atoms with Crippen LogP contribution < -0.4 is 0 Å². The molecule has 0 radical (unpaired) electrons. The summed E-state index contributed by atoms with van der Waals surface area (Å²) in [4.78, 5) is 26.2. The average molecular weight is 391 g/mol. The van der Waals surface area contributed by atoms with Crippen molar-refractivity contribution in [2.75, 3.05) is 26.7 Å². The summed E-state index contributed by atoms with van der Waals surface area (Å²) >= 11 is 0. The third-order valence-corrected chi connectivity index (χ3v) is 6.53. The molecular weight excluding hydrogens is 366 g/mol. The van der Waals surface area contributed by atoms with Crippen molar-refractivity contribution >= 4 is 16.8 Å². The molecule has 1 spiro atoms. The van der Waals surface area contributed by atoms with Crippen LogP contribution in [0.1, 0.15) is 47.4 Å². The van der Waals surface area contributed by atoms with Crippen LogP contribution in [-0.2, 0) is 0 Å². The molecular formula is C22H25N5O2. The van der Waals surface area contributed by atoms with Crippen LogP contribution in [0.4, 0.5) is 0 Å². The van der Waals surface area contributed by atoms with Gasteiger partial charge in [0.2, 0.25) is 5.89 Å². The van der Waals surface area contributed by atoms with Crippen LogP contribution in [0.5, 0.6) is 0 Å². The first kappa shape index (κ1) is 18.2. The van der Waals surface area contributed by atoms with Crippen LogP contribution in [0.3, 0.4) is 0 Å². The Morgan fingerprint density at radius 2 is 2.07 bits per heavy atom. The third-order valence-electron chi connectivity index (χ3n) is 6.53. The number of fused-ring (bicyclic) bond motifs is 1. The molecule has 2 fully saturated rings. The van der Waals surface area contributed by atoms with E-state index in [1.807, 2.05) is 42.2 Å². The zero-order chi connectivity index (χ0) is 20.0. The summed E-state index contributed by atoms with van der Waals surface area (Å²) in [6.07, 6.45) is 4.79. The Balaban J connectivity index is 1.28. The van der Waals surface area contributed by atoms with Crippen LogP contribution in [0.25, 0.3) is 10.9 Å². The van der Waals surface area contributed by atoms with E-state index in [1.165, 1.54) is 0 Å².